The molecule has 0 aliphatic heterocycles. The van der Waals surface area contributed by atoms with Crippen LogP contribution in [0.5, 0.6) is 0 Å². The Balaban J connectivity index is 3.08. The minimum absolute atomic E-state index is 0.0431. The number of hydrogen-bond donors (Lipinski definition) is 3. The van der Waals surface area contributed by atoms with Gasteiger partial charge in [-0.25, -0.2) is 4.79 Å². The first-order valence-corrected chi connectivity index (χ1v) is 7.58. The molecule has 0 fully saturated rings. The van der Waals surface area contributed by atoms with Gasteiger partial charge in [0.2, 0.25) is 0 Å². The monoisotopic (exact) mass is 375 g/mol. The third kappa shape index (κ3) is 6.01. The number of halogens is 2. The minimum Gasteiger partial charge on any atom is -0.461 e. The second-order valence-electron chi connectivity index (χ2n) is 4.07. The van der Waals surface area contributed by atoms with Crippen molar-refractivity contribution >= 4 is 63.6 Å². The fourth-order valence-corrected chi connectivity index (χ4v) is 1.76. The number of carbonyl (C=O) groups is 1. The van der Waals surface area contributed by atoms with E-state index in [0.29, 0.717) is 10.7 Å². The van der Waals surface area contributed by atoms with Gasteiger partial charge in [-0.05, 0) is 38.2 Å². The summed E-state index contributed by atoms with van der Waals surface area (Å²) in [5.41, 5.74) is 10.9. The molecule has 0 amide bonds. The Bertz CT molecular complexity index is 664. The highest BCUT2D eigenvalue weighted by Gasteiger charge is 2.17. The molecule has 0 spiro atoms. The minimum atomic E-state index is -0.663. The zero-order chi connectivity index (χ0) is 17.4. The van der Waals surface area contributed by atoms with Gasteiger partial charge in [0.15, 0.2) is 10.8 Å². The first kappa shape index (κ1) is 19.1. The maximum Gasteiger partial charge on any atom is 0.360 e. The molecule has 23 heavy (non-hydrogen) atoms. The van der Waals surface area contributed by atoms with Gasteiger partial charge < -0.3 is 10.5 Å². The summed E-state index contributed by atoms with van der Waals surface area (Å²) in [4.78, 5) is 12.0. The molecule has 1 rings (SSSR count). The number of carbonyl (C=O) groups excluding carboxylic acids is 1. The Morgan fingerprint density at radius 1 is 1.39 bits per heavy atom. The van der Waals surface area contributed by atoms with E-state index in [-0.39, 0.29) is 28.2 Å². The molecule has 4 N–H and O–H groups in total. The highest BCUT2D eigenvalue weighted by atomic mass is 35.5. The lowest BCUT2D eigenvalue weighted by Crippen LogP contribution is -2.30. The number of nitrogens with one attached hydrogen (secondary N) is 2. The van der Waals surface area contributed by atoms with Gasteiger partial charge in [0, 0.05) is 0 Å². The molecule has 0 atom stereocenters. The van der Waals surface area contributed by atoms with Crippen LogP contribution in [0.15, 0.2) is 28.4 Å². The van der Waals surface area contributed by atoms with Gasteiger partial charge in [0.25, 0.3) is 0 Å². The first-order valence-electron chi connectivity index (χ1n) is 6.41. The third-order valence-electron chi connectivity index (χ3n) is 2.39. The number of hydrogen-bond acceptors (Lipinski definition) is 6. The van der Waals surface area contributed by atoms with Crippen molar-refractivity contribution in [3.8, 4) is 0 Å². The Hall–Kier alpha value is -1.90. The van der Waals surface area contributed by atoms with E-state index in [0.717, 1.165) is 0 Å². The van der Waals surface area contributed by atoms with Gasteiger partial charge in [-0.3, -0.25) is 10.9 Å². The number of nitrogens with two attached hydrogens (primary N) is 1. The second kappa shape index (κ2) is 9.29. The van der Waals surface area contributed by atoms with Gasteiger partial charge in [0.1, 0.15) is 0 Å². The van der Waals surface area contributed by atoms with E-state index in [2.05, 4.69) is 33.3 Å². The molecule has 0 saturated heterocycles. The van der Waals surface area contributed by atoms with Crippen molar-refractivity contribution in [2.24, 2.45) is 15.9 Å². The van der Waals surface area contributed by atoms with E-state index in [1.165, 1.54) is 0 Å². The third-order valence-corrected chi connectivity index (χ3v) is 3.30. The molecule has 0 radical (unpaired) electrons. The summed E-state index contributed by atoms with van der Waals surface area (Å²) in [6, 6.07) is 4.97. The van der Waals surface area contributed by atoms with E-state index in [4.69, 9.17) is 33.7 Å². The molecular formula is C13H15Cl2N5O2S. The molecule has 10 heteroatoms. The van der Waals surface area contributed by atoms with Crippen LogP contribution in [0.25, 0.3) is 0 Å². The number of nitrogens with zero attached hydrogens (tertiary/aromatic N) is 2. The smallest absolute Gasteiger partial charge is 0.360 e. The number of benzene rings is 1. The SMILES string of the molecule is CCOC(=O)C(=N\Nc1cccc(Cl)c1Cl)/C(C)=N\NC(N)=S. The van der Waals surface area contributed by atoms with E-state index in [9.17, 15) is 4.79 Å². The molecule has 7 nitrogen and oxygen atoms in total. The van der Waals surface area contributed by atoms with Gasteiger partial charge in [-0.15, -0.1) is 0 Å². The van der Waals surface area contributed by atoms with Crippen molar-refractivity contribution in [2.75, 3.05) is 12.0 Å². The van der Waals surface area contributed by atoms with Crippen molar-refractivity contribution in [2.45, 2.75) is 13.8 Å². The maximum atomic E-state index is 12.0. The number of ether oxygens (including phenoxy) is 1. The normalized spacial score (nSPS) is 11.8. The molecule has 0 saturated carbocycles. The fraction of sp³-hybridized carbons (Fsp3) is 0.231. The molecule has 0 aromatic heterocycles. The number of anilines is 1. The lowest BCUT2D eigenvalue weighted by Gasteiger charge is -2.08. The Kier molecular flexibility index (Phi) is 7.73. The molecule has 0 aliphatic rings. The van der Waals surface area contributed by atoms with Crippen LogP contribution in [0.4, 0.5) is 5.69 Å². The summed E-state index contributed by atoms with van der Waals surface area (Å²) in [6.07, 6.45) is 0. The van der Waals surface area contributed by atoms with Crippen LogP contribution in [0.2, 0.25) is 10.0 Å². The van der Waals surface area contributed by atoms with E-state index < -0.39 is 5.97 Å². The summed E-state index contributed by atoms with van der Waals surface area (Å²) in [5.74, 6) is -0.663. The predicted octanol–water partition coefficient (Wildman–Crippen LogP) is 2.53. The number of esters is 1. The largest absolute Gasteiger partial charge is 0.461 e. The van der Waals surface area contributed by atoms with Crippen LogP contribution < -0.4 is 16.6 Å². The molecule has 124 valence electrons. The van der Waals surface area contributed by atoms with Crippen LogP contribution in [-0.2, 0) is 9.53 Å². The molecule has 0 aliphatic carbocycles. The van der Waals surface area contributed by atoms with E-state index in [1.807, 2.05) is 0 Å². The Morgan fingerprint density at radius 3 is 2.70 bits per heavy atom. The standard InChI is InChI=1S/C13H15Cl2N5O2S/c1-3-22-12(21)11(7(2)17-20-13(16)23)19-18-9-6-4-5-8(14)10(9)15/h4-6,18H,3H2,1-2H3,(H3,16,20,23)/b17-7-,19-11-. The summed E-state index contributed by atoms with van der Waals surface area (Å²) in [7, 11) is 0. The summed E-state index contributed by atoms with van der Waals surface area (Å²) in [6.45, 7) is 3.41. The Labute approximate surface area is 148 Å². The van der Waals surface area contributed by atoms with Crippen LogP contribution in [0.1, 0.15) is 13.8 Å². The highest BCUT2D eigenvalue weighted by molar-refractivity contribution is 7.80. The van der Waals surface area contributed by atoms with Gasteiger partial charge >= 0.3 is 5.97 Å². The predicted molar refractivity (Wildman–Crippen MR) is 97.2 cm³/mol. The zero-order valence-electron chi connectivity index (χ0n) is 12.4. The average molecular weight is 376 g/mol. The van der Waals surface area contributed by atoms with Crippen LogP contribution in [-0.4, -0.2) is 29.1 Å². The molecule has 0 unspecified atom stereocenters. The highest BCUT2D eigenvalue weighted by Crippen LogP contribution is 2.29. The lowest BCUT2D eigenvalue weighted by molar-refractivity contribution is -0.134. The van der Waals surface area contributed by atoms with Crippen molar-refractivity contribution in [1.29, 1.82) is 0 Å². The van der Waals surface area contributed by atoms with Crippen molar-refractivity contribution in [3.63, 3.8) is 0 Å². The summed E-state index contributed by atoms with van der Waals surface area (Å²) in [5, 5.41) is 8.42. The molecule has 1 aromatic carbocycles. The van der Waals surface area contributed by atoms with Crippen molar-refractivity contribution in [3.05, 3.63) is 28.2 Å². The summed E-state index contributed by atoms with van der Waals surface area (Å²) >= 11 is 16.6. The maximum absolute atomic E-state index is 12.0. The van der Waals surface area contributed by atoms with Gasteiger partial charge in [-0.2, -0.15) is 10.2 Å². The van der Waals surface area contributed by atoms with Crippen LogP contribution in [0, 0.1) is 0 Å². The fourth-order valence-electron chi connectivity index (χ4n) is 1.37. The van der Waals surface area contributed by atoms with Gasteiger partial charge in [-0.1, -0.05) is 29.3 Å². The van der Waals surface area contributed by atoms with Crippen LogP contribution in [0.3, 0.4) is 0 Å². The average Bonchev–Trinajstić information content (AvgIpc) is 2.49. The lowest BCUT2D eigenvalue weighted by atomic mass is 10.2. The van der Waals surface area contributed by atoms with E-state index in [1.54, 1.807) is 32.0 Å². The number of hydrazone groups is 2. The molecule has 0 bridgehead atoms. The van der Waals surface area contributed by atoms with Crippen molar-refractivity contribution < 1.29 is 9.53 Å². The summed E-state index contributed by atoms with van der Waals surface area (Å²) < 4.78 is 4.93. The van der Waals surface area contributed by atoms with E-state index >= 15 is 0 Å². The number of thiocarbonyl (C=S) groups is 1. The van der Waals surface area contributed by atoms with Crippen molar-refractivity contribution in [1.82, 2.24) is 5.43 Å². The van der Waals surface area contributed by atoms with Crippen LogP contribution >= 0.6 is 35.4 Å². The Morgan fingerprint density at radius 2 is 2.09 bits per heavy atom. The molecule has 0 heterocycles. The van der Waals surface area contributed by atoms with Gasteiger partial charge in [0.05, 0.1) is 28.1 Å². The molecular weight excluding hydrogens is 361 g/mol. The first-order chi connectivity index (χ1) is 10.9. The quantitative estimate of drug-likeness (QED) is 0.305. The number of rotatable bonds is 6. The second-order valence-corrected chi connectivity index (χ2v) is 5.29. The molecule has 1 aromatic rings. The zero-order valence-corrected chi connectivity index (χ0v) is 14.7. The topological polar surface area (TPSA) is 101 Å².